The molecule has 2 aromatic carbocycles. The van der Waals surface area contributed by atoms with E-state index in [0.717, 1.165) is 27.6 Å². The highest BCUT2D eigenvalue weighted by molar-refractivity contribution is 5.85. The van der Waals surface area contributed by atoms with Gasteiger partial charge in [-0.3, -0.25) is 9.78 Å². The third kappa shape index (κ3) is 4.69. The molecule has 1 N–H and O–H groups in total. The first kappa shape index (κ1) is 18.9. The number of fused-ring (bicyclic) bond motifs is 1. The summed E-state index contributed by atoms with van der Waals surface area (Å²) in [5.74, 6) is -0.215. The van der Waals surface area contributed by atoms with Crippen LogP contribution in [-0.4, -0.2) is 15.5 Å². The maximum absolute atomic E-state index is 13.2. The molecule has 0 spiro atoms. The Labute approximate surface area is 169 Å². The Kier molecular flexibility index (Phi) is 5.66. The quantitative estimate of drug-likeness (QED) is 0.508. The summed E-state index contributed by atoms with van der Waals surface area (Å²) in [6, 6.07) is 18.5. The van der Waals surface area contributed by atoms with Crippen LogP contribution in [0.25, 0.3) is 10.9 Å². The topological polar surface area (TPSA) is 46.9 Å². The van der Waals surface area contributed by atoms with E-state index in [0.29, 0.717) is 25.9 Å². The fourth-order valence-electron chi connectivity index (χ4n) is 3.48. The van der Waals surface area contributed by atoms with Crippen molar-refractivity contribution in [2.24, 2.45) is 0 Å². The lowest BCUT2D eigenvalue weighted by molar-refractivity contribution is -0.121. The van der Waals surface area contributed by atoms with Crippen LogP contribution in [0, 0.1) is 5.82 Å². The standard InChI is InChI=1S/C24H22FN3O/c25-21-10-7-18(8-11-21)16-28-17-20(22-5-1-2-6-23(22)28)9-12-24(29)27-15-19-4-3-13-26-14-19/h1-8,10-11,13-14,17H,9,12,15-16H2,(H,27,29). The predicted octanol–water partition coefficient (Wildman–Crippen LogP) is 4.47. The molecule has 0 bridgehead atoms. The van der Waals surface area contributed by atoms with Gasteiger partial charge < -0.3 is 9.88 Å². The average Bonchev–Trinajstić information content (AvgIpc) is 3.11. The molecular formula is C24H22FN3O. The summed E-state index contributed by atoms with van der Waals surface area (Å²) in [6.07, 6.45) is 6.65. The third-order valence-corrected chi connectivity index (χ3v) is 4.97. The van der Waals surface area contributed by atoms with Gasteiger partial charge in [-0.25, -0.2) is 4.39 Å². The SMILES string of the molecule is O=C(CCc1cn(Cc2ccc(F)cc2)c2ccccc12)NCc1cccnc1. The van der Waals surface area contributed by atoms with E-state index in [1.165, 1.54) is 12.1 Å². The number of halogens is 1. The first-order valence-corrected chi connectivity index (χ1v) is 9.66. The Hall–Kier alpha value is -3.47. The fraction of sp³-hybridized carbons (Fsp3) is 0.167. The van der Waals surface area contributed by atoms with Crippen molar-refractivity contribution < 1.29 is 9.18 Å². The van der Waals surface area contributed by atoms with Gasteiger partial charge in [0.15, 0.2) is 0 Å². The van der Waals surface area contributed by atoms with E-state index in [2.05, 4.69) is 33.2 Å². The van der Waals surface area contributed by atoms with Crippen LogP contribution in [0.3, 0.4) is 0 Å². The summed E-state index contributed by atoms with van der Waals surface area (Å²) in [5, 5.41) is 4.10. The lowest BCUT2D eigenvalue weighted by Crippen LogP contribution is -2.23. The van der Waals surface area contributed by atoms with Crippen LogP contribution in [-0.2, 0) is 24.3 Å². The number of aromatic nitrogens is 2. The van der Waals surface area contributed by atoms with Gasteiger partial charge in [-0.2, -0.15) is 0 Å². The van der Waals surface area contributed by atoms with Gasteiger partial charge in [0.2, 0.25) is 5.91 Å². The molecule has 5 heteroatoms. The van der Waals surface area contributed by atoms with E-state index in [1.807, 2.05) is 24.3 Å². The number of carbonyl (C=O) groups excluding carboxylic acids is 1. The zero-order valence-corrected chi connectivity index (χ0v) is 16.0. The molecule has 0 unspecified atom stereocenters. The number of hydrogen-bond acceptors (Lipinski definition) is 2. The Morgan fingerprint density at radius 1 is 1.00 bits per heavy atom. The highest BCUT2D eigenvalue weighted by Gasteiger charge is 2.11. The summed E-state index contributed by atoms with van der Waals surface area (Å²) in [7, 11) is 0. The van der Waals surface area contributed by atoms with E-state index in [1.54, 1.807) is 24.5 Å². The molecule has 0 aliphatic carbocycles. The number of amides is 1. The molecule has 1 amide bonds. The van der Waals surface area contributed by atoms with Crippen LogP contribution in [0.1, 0.15) is 23.1 Å². The number of nitrogens with zero attached hydrogens (tertiary/aromatic N) is 2. The maximum Gasteiger partial charge on any atom is 0.220 e. The summed E-state index contributed by atoms with van der Waals surface area (Å²) in [4.78, 5) is 16.3. The Bertz CT molecular complexity index is 1100. The number of rotatable bonds is 7. The number of pyridine rings is 1. The molecule has 29 heavy (non-hydrogen) atoms. The molecule has 0 saturated carbocycles. The van der Waals surface area contributed by atoms with Crippen molar-refractivity contribution in [3.63, 3.8) is 0 Å². The van der Waals surface area contributed by atoms with Gasteiger partial charge in [-0.15, -0.1) is 0 Å². The Morgan fingerprint density at radius 3 is 2.62 bits per heavy atom. The van der Waals surface area contributed by atoms with Gasteiger partial charge in [-0.05, 0) is 47.4 Å². The molecule has 0 fully saturated rings. The first-order valence-electron chi connectivity index (χ1n) is 9.66. The molecule has 2 heterocycles. The molecule has 0 atom stereocenters. The number of aryl methyl sites for hydroxylation is 1. The summed E-state index contributed by atoms with van der Waals surface area (Å²) >= 11 is 0. The molecule has 0 aliphatic rings. The molecular weight excluding hydrogens is 365 g/mol. The highest BCUT2D eigenvalue weighted by Crippen LogP contribution is 2.23. The lowest BCUT2D eigenvalue weighted by Gasteiger charge is -2.05. The smallest absolute Gasteiger partial charge is 0.220 e. The van der Waals surface area contributed by atoms with Gasteiger partial charge in [0, 0.05) is 49.0 Å². The van der Waals surface area contributed by atoms with Crippen molar-refractivity contribution in [2.45, 2.75) is 25.9 Å². The molecule has 2 aromatic heterocycles. The van der Waals surface area contributed by atoms with Crippen LogP contribution in [0.15, 0.2) is 79.3 Å². The minimum atomic E-state index is -0.232. The van der Waals surface area contributed by atoms with Crippen LogP contribution in [0.5, 0.6) is 0 Å². The predicted molar refractivity (Wildman–Crippen MR) is 112 cm³/mol. The number of para-hydroxylation sites is 1. The zero-order valence-electron chi connectivity index (χ0n) is 16.0. The summed E-state index contributed by atoms with van der Waals surface area (Å²) in [5.41, 5.74) is 4.27. The Balaban J connectivity index is 1.44. The molecule has 4 rings (SSSR count). The van der Waals surface area contributed by atoms with E-state index in [-0.39, 0.29) is 11.7 Å². The van der Waals surface area contributed by atoms with Crippen molar-refractivity contribution in [1.82, 2.24) is 14.9 Å². The molecule has 0 aliphatic heterocycles. The molecule has 0 radical (unpaired) electrons. The van der Waals surface area contributed by atoms with E-state index < -0.39 is 0 Å². The Morgan fingerprint density at radius 2 is 1.83 bits per heavy atom. The number of nitrogens with one attached hydrogen (secondary N) is 1. The van der Waals surface area contributed by atoms with Crippen molar-refractivity contribution in [2.75, 3.05) is 0 Å². The van der Waals surface area contributed by atoms with Crippen LogP contribution in [0.4, 0.5) is 4.39 Å². The van der Waals surface area contributed by atoms with E-state index in [4.69, 9.17) is 0 Å². The van der Waals surface area contributed by atoms with Gasteiger partial charge in [0.1, 0.15) is 5.82 Å². The van der Waals surface area contributed by atoms with Gasteiger partial charge in [0.05, 0.1) is 0 Å². The van der Waals surface area contributed by atoms with Crippen LogP contribution < -0.4 is 5.32 Å². The second kappa shape index (κ2) is 8.69. The molecule has 4 aromatic rings. The fourth-order valence-corrected chi connectivity index (χ4v) is 3.48. The highest BCUT2D eigenvalue weighted by atomic mass is 19.1. The van der Waals surface area contributed by atoms with E-state index >= 15 is 0 Å². The number of benzene rings is 2. The monoisotopic (exact) mass is 387 g/mol. The normalized spacial score (nSPS) is 10.9. The summed E-state index contributed by atoms with van der Waals surface area (Å²) < 4.78 is 15.3. The number of hydrogen-bond donors (Lipinski definition) is 1. The summed E-state index contributed by atoms with van der Waals surface area (Å²) in [6.45, 7) is 1.15. The van der Waals surface area contributed by atoms with Gasteiger partial charge in [-0.1, -0.05) is 36.4 Å². The first-order chi connectivity index (χ1) is 14.2. The number of carbonyl (C=O) groups is 1. The molecule has 146 valence electrons. The van der Waals surface area contributed by atoms with Gasteiger partial charge in [0.25, 0.3) is 0 Å². The second-order valence-electron chi connectivity index (χ2n) is 7.06. The average molecular weight is 387 g/mol. The minimum absolute atomic E-state index is 0.0178. The molecule has 0 saturated heterocycles. The van der Waals surface area contributed by atoms with Crippen LogP contribution >= 0.6 is 0 Å². The minimum Gasteiger partial charge on any atom is -0.352 e. The van der Waals surface area contributed by atoms with Crippen molar-refractivity contribution in [3.05, 3.63) is 102 Å². The van der Waals surface area contributed by atoms with E-state index in [9.17, 15) is 9.18 Å². The van der Waals surface area contributed by atoms with Gasteiger partial charge >= 0.3 is 0 Å². The maximum atomic E-state index is 13.2. The third-order valence-electron chi connectivity index (χ3n) is 4.97. The van der Waals surface area contributed by atoms with Crippen molar-refractivity contribution >= 4 is 16.8 Å². The molecule has 4 nitrogen and oxygen atoms in total. The van der Waals surface area contributed by atoms with Crippen molar-refractivity contribution in [3.8, 4) is 0 Å². The zero-order chi connectivity index (χ0) is 20.1. The largest absolute Gasteiger partial charge is 0.352 e. The van der Waals surface area contributed by atoms with Crippen LogP contribution in [0.2, 0.25) is 0 Å². The van der Waals surface area contributed by atoms with Crippen molar-refractivity contribution in [1.29, 1.82) is 0 Å². The second-order valence-corrected chi connectivity index (χ2v) is 7.06. The lowest BCUT2D eigenvalue weighted by atomic mass is 10.1.